The van der Waals surface area contributed by atoms with Crippen LogP contribution in [0.4, 0.5) is 4.39 Å². The maximum absolute atomic E-state index is 13.6. The molecule has 0 radical (unpaired) electrons. The van der Waals surface area contributed by atoms with E-state index in [1.807, 2.05) is 11.8 Å². The number of hydrogen-bond donors (Lipinski definition) is 3. The number of nitrogens with two attached hydrogens (primary N) is 1. The first-order valence-electron chi connectivity index (χ1n) is 7.12. The third-order valence-corrected chi connectivity index (χ3v) is 5.50. The fourth-order valence-electron chi connectivity index (χ4n) is 2.87. The SMILES string of the molecule is CSC1(CNCc2cc(F)cc(/C(N)=N/O)c2)CCCC1. The van der Waals surface area contributed by atoms with E-state index < -0.39 is 0 Å². The van der Waals surface area contributed by atoms with Gasteiger partial charge in [0.15, 0.2) is 5.84 Å². The van der Waals surface area contributed by atoms with Crippen LogP contribution in [0.25, 0.3) is 0 Å². The summed E-state index contributed by atoms with van der Waals surface area (Å²) < 4.78 is 13.9. The lowest BCUT2D eigenvalue weighted by atomic mass is 10.1. The molecule has 6 heteroatoms. The standard InChI is InChI=1S/C15H22FN3OS/c1-21-15(4-2-3-5-15)10-18-9-11-6-12(14(17)19-20)8-13(16)7-11/h6-8,18,20H,2-5,9-10H2,1H3,(H2,17,19). The van der Waals surface area contributed by atoms with Crippen molar-refractivity contribution in [1.29, 1.82) is 0 Å². The first kappa shape index (κ1) is 16.1. The molecule has 1 aliphatic rings. The van der Waals surface area contributed by atoms with E-state index in [-0.39, 0.29) is 11.7 Å². The molecule has 4 nitrogen and oxygen atoms in total. The Morgan fingerprint density at radius 1 is 1.43 bits per heavy atom. The average molecular weight is 311 g/mol. The van der Waals surface area contributed by atoms with E-state index in [0.717, 1.165) is 12.1 Å². The molecule has 2 rings (SSSR count). The van der Waals surface area contributed by atoms with Crippen molar-refractivity contribution in [2.75, 3.05) is 12.8 Å². The molecule has 4 N–H and O–H groups in total. The second-order valence-electron chi connectivity index (χ2n) is 5.53. The molecule has 0 bridgehead atoms. The van der Waals surface area contributed by atoms with Gasteiger partial charge in [0.1, 0.15) is 5.82 Å². The molecule has 0 spiro atoms. The number of oxime groups is 1. The van der Waals surface area contributed by atoms with Crippen LogP contribution >= 0.6 is 11.8 Å². The molecule has 0 aromatic heterocycles. The Kier molecular flexibility index (Phi) is 5.47. The normalized spacial score (nSPS) is 18.1. The van der Waals surface area contributed by atoms with Crippen LogP contribution in [-0.4, -0.2) is 28.6 Å². The molecule has 116 valence electrons. The van der Waals surface area contributed by atoms with Crippen molar-refractivity contribution >= 4 is 17.6 Å². The highest BCUT2D eigenvalue weighted by molar-refractivity contribution is 8.00. The Bertz CT molecular complexity index is 516. The van der Waals surface area contributed by atoms with Gasteiger partial charge in [-0.25, -0.2) is 4.39 Å². The van der Waals surface area contributed by atoms with Crippen molar-refractivity contribution in [3.63, 3.8) is 0 Å². The molecule has 0 aliphatic heterocycles. The number of benzene rings is 1. The van der Waals surface area contributed by atoms with Gasteiger partial charge in [-0.1, -0.05) is 18.0 Å². The molecule has 1 fully saturated rings. The Morgan fingerprint density at radius 3 is 2.76 bits per heavy atom. The number of halogens is 1. The van der Waals surface area contributed by atoms with Gasteiger partial charge in [0.2, 0.25) is 0 Å². The molecule has 0 atom stereocenters. The molecule has 1 saturated carbocycles. The van der Waals surface area contributed by atoms with Crippen molar-refractivity contribution in [3.8, 4) is 0 Å². The topological polar surface area (TPSA) is 70.6 Å². The summed E-state index contributed by atoms with van der Waals surface area (Å²) in [6.07, 6.45) is 7.21. The number of thioether (sulfide) groups is 1. The first-order valence-corrected chi connectivity index (χ1v) is 8.34. The predicted octanol–water partition coefficient (Wildman–Crippen LogP) is 2.69. The Hall–Kier alpha value is -1.27. The van der Waals surface area contributed by atoms with Gasteiger partial charge in [-0.3, -0.25) is 0 Å². The van der Waals surface area contributed by atoms with Crippen LogP contribution < -0.4 is 11.1 Å². The van der Waals surface area contributed by atoms with Gasteiger partial charge in [0.25, 0.3) is 0 Å². The summed E-state index contributed by atoms with van der Waals surface area (Å²) >= 11 is 1.92. The molecule has 0 unspecified atom stereocenters. The molecule has 1 aromatic carbocycles. The summed E-state index contributed by atoms with van der Waals surface area (Å²) in [5.74, 6) is -0.455. The number of nitrogens with one attached hydrogen (secondary N) is 1. The van der Waals surface area contributed by atoms with E-state index >= 15 is 0 Å². The van der Waals surface area contributed by atoms with E-state index in [9.17, 15) is 4.39 Å². The lowest BCUT2D eigenvalue weighted by Gasteiger charge is -2.27. The second kappa shape index (κ2) is 7.13. The van der Waals surface area contributed by atoms with Crippen molar-refractivity contribution in [3.05, 3.63) is 35.1 Å². The molecule has 0 heterocycles. The van der Waals surface area contributed by atoms with Gasteiger partial charge in [-0.2, -0.15) is 11.8 Å². The Labute approximate surface area is 129 Å². The third-order valence-electron chi connectivity index (χ3n) is 4.09. The predicted molar refractivity (Wildman–Crippen MR) is 85.3 cm³/mol. The van der Waals surface area contributed by atoms with Gasteiger partial charge >= 0.3 is 0 Å². The van der Waals surface area contributed by atoms with Crippen LogP contribution in [0.1, 0.15) is 36.8 Å². The van der Waals surface area contributed by atoms with Crippen LogP contribution in [0, 0.1) is 5.82 Å². The van der Waals surface area contributed by atoms with Crippen LogP contribution in [-0.2, 0) is 6.54 Å². The monoisotopic (exact) mass is 311 g/mol. The summed E-state index contributed by atoms with van der Waals surface area (Å²) in [6, 6.07) is 4.48. The van der Waals surface area contributed by atoms with Gasteiger partial charge in [0.05, 0.1) is 0 Å². The van der Waals surface area contributed by atoms with Gasteiger partial charge in [-0.05, 0) is 42.9 Å². The molecule has 21 heavy (non-hydrogen) atoms. The highest BCUT2D eigenvalue weighted by Gasteiger charge is 2.32. The second-order valence-corrected chi connectivity index (χ2v) is 6.81. The molecule has 1 aromatic rings. The summed E-state index contributed by atoms with van der Waals surface area (Å²) in [5.41, 5.74) is 6.71. The zero-order valence-electron chi connectivity index (χ0n) is 12.2. The highest BCUT2D eigenvalue weighted by atomic mass is 32.2. The van der Waals surface area contributed by atoms with Crippen molar-refractivity contribution < 1.29 is 9.60 Å². The molecule has 1 aliphatic carbocycles. The molecular formula is C15H22FN3OS. The van der Waals surface area contributed by atoms with Crippen LogP contribution in [0.2, 0.25) is 0 Å². The molecule has 0 saturated heterocycles. The fraction of sp³-hybridized carbons (Fsp3) is 0.533. The summed E-state index contributed by atoms with van der Waals surface area (Å²) in [5, 5.41) is 15.0. The highest BCUT2D eigenvalue weighted by Crippen LogP contribution is 2.39. The van der Waals surface area contributed by atoms with Crippen LogP contribution in [0.3, 0.4) is 0 Å². The third kappa shape index (κ3) is 4.11. The largest absolute Gasteiger partial charge is 0.409 e. The quantitative estimate of drug-likeness (QED) is 0.327. The van der Waals surface area contributed by atoms with Gasteiger partial charge in [-0.15, -0.1) is 0 Å². The van der Waals surface area contributed by atoms with Crippen molar-refractivity contribution in [2.24, 2.45) is 10.9 Å². The Morgan fingerprint density at radius 2 is 2.14 bits per heavy atom. The summed E-state index contributed by atoms with van der Waals surface area (Å²) in [4.78, 5) is 0. The molecular weight excluding hydrogens is 289 g/mol. The minimum Gasteiger partial charge on any atom is -0.409 e. The number of hydrogen-bond acceptors (Lipinski definition) is 4. The zero-order chi connectivity index (χ0) is 15.3. The van der Waals surface area contributed by atoms with E-state index in [4.69, 9.17) is 10.9 Å². The van der Waals surface area contributed by atoms with E-state index in [0.29, 0.717) is 16.9 Å². The van der Waals surface area contributed by atoms with E-state index in [1.165, 1.54) is 37.8 Å². The lowest BCUT2D eigenvalue weighted by molar-refractivity contribution is 0.318. The first-order chi connectivity index (χ1) is 10.1. The van der Waals surface area contributed by atoms with Gasteiger partial charge < -0.3 is 16.3 Å². The zero-order valence-corrected chi connectivity index (χ0v) is 13.0. The maximum Gasteiger partial charge on any atom is 0.170 e. The summed E-state index contributed by atoms with van der Waals surface area (Å²) in [7, 11) is 0. The molecule has 0 amide bonds. The van der Waals surface area contributed by atoms with E-state index in [1.54, 1.807) is 6.07 Å². The van der Waals surface area contributed by atoms with Crippen molar-refractivity contribution in [1.82, 2.24) is 5.32 Å². The van der Waals surface area contributed by atoms with Gasteiger partial charge in [0, 0.05) is 23.4 Å². The Balaban J connectivity index is 1.98. The maximum atomic E-state index is 13.6. The van der Waals surface area contributed by atoms with Crippen LogP contribution in [0.5, 0.6) is 0 Å². The van der Waals surface area contributed by atoms with Crippen molar-refractivity contribution in [2.45, 2.75) is 37.0 Å². The number of nitrogens with zero attached hydrogens (tertiary/aromatic N) is 1. The average Bonchev–Trinajstić information content (AvgIpc) is 2.95. The lowest BCUT2D eigenvalue weighted by Crippen LogP contribution is -2.34. The number of amidine groups is 1. The smallest absolute Gasteiger partial charge is 0.170 e. The fourth-order valence-corrected chi connectivity index (χ4v) is 3.81. The van der Waals surface area contributed by atoms with Crippen LogP contribution in [0.15, 0.2) is 23.4 Å². The minimum atomic E-state index is -0.378. The van der Waals surface area contributed by atoms with E-state index in [2.05, 4.69) is 16.7 Å². The summed E-state index contributed by atoms with van der Waals surface area (Å²) in [6.45, 7) is 1.50. The minimum absolute atomic E-state index is 0.0767. The number of rotatable bonds is 6.